The minimum Gasteiger partial charge on any atom is -0.497 e. The number of methoxy groups -OCH3 is 1. The molecule has 0 aliphatic carbocycles. The number of aromatic amines is 1. The maximum Gasteiger partial charge on any atom is 0.223 e. The maximum absolute atomic E-state index is 12.8. The number of hydrogen-bond donors (Lipinski definition) is 1. The largest absolute Gasteiger partial charge is 0.497 e. The van der Waals surface area contributed by atoms with E-state index < -0.39 is 0 Å². The molecular formula is C21H25N5O2. The Morgan fingerprint density at radius 2 is 2.11 bits per heavy atom. The Labute approximate surface area is 164 Å². The second kappa shape index (κ2) is 7.88. The first kappa shape index (κ1) is 18.3. The topological polar surface area (TPSA) is 76.0 Å². The third kappa shape index (κ3) is 3.52. The number of ether oxygens (including phenoxy) is 1. The van der Waals surface area contributed by atoms with E-state index in [0.717, 1.165) is 54.3 Å². The van der Waals surface area contributed by atoms with Gasteiger partial charge in [-0.1, -0.05) is 12.1 Å². The number of benzene rings is 1. The molecule has 1 aliphatic heterocycles. The number of rotatable bonds is 6. The molecular weight excluding hydrogens is 354 g/mol. The van der Waals surface area contributed by atoms with Crippen LogP contribution in [-0.4, -0.2) is 44.2 Å². The van der Waals surface area contributed by atoms with Crippen molar-refractivity contribution in [1.82, 2.24) is 24.6 Å². The van der Waals surface area contributed by atoms with Crippen LogP contribution in [-0.2, 0) is 30.7 Å². The predicted octanol–water partition coefficient (Wildman–Crippen LogP) is 2.82. The van der Waals surface area contributed by atoms with Crippen LogP contribution in [0.4, 0.5) is 0 Å². The molecule has 1 amide bonds. The Hall–Kier alpha value is -3.09. The number of aromatic nitrogens is 4. The Kier molecular flexibility index (Phi) is 5.14. The summed E-state index contributed by atoms with van der Waals surface area (Å²) in [6.45, 7) is 4.23. The minimum absolute atomic E-state index is 0.177. The molecule has 1 aliphatic rings. The van der Waals surface area contributed by atoms with Crippen LogP contribution in [0.15, 0.2) is 36.7 Å². The van der Waals surface area contributed by atoms with Crippen LogP contribution in [0.3, 0.4) is 0 Å². The van der Waals surface area contributed by atoms with E-state index in [1.165, 1.54) is 5.69 Å². The number of aryl methyl sites for hydroxylation is 2. The van der Waals surface area contributed by atoms with Crippen LogP contribution in [0.1, 0.15) is 30.2 Å². The summed E-state index contributed by atoms with van der Waals surface area (Å²) in [5, 5.41) is 4.73. The van der Waals surface area contributed by atoms with E-state index in [4.69, 9.17) is 9.84 Å². The lowest BCUT2D eigenvalue weighted by Crippen LogP contribution is -2.36. The molecule has 3 aromatic rings. The average molecular weight is 379 g/mol. The molecule has 7 heteroatoms. The van der Waals surface area contributed by atoms with Crippen LogP contribution in [0, 0.1) is 0 Å². The lowest BCUT2D eigenvalue weighted by Gasteiger charge is -2.28. The quantitative estimate of drug-likeness (QED) is 0.715. The van der Waals surface area contributed by atoms with E-state index in [1.54, 1.807) is 19.5 Å². The highest BCUT2D eigenvalue weighted by atomic mass is 16.5. The van der Waals surface area contributed by atoms with Gasteiger partial charge in [0.25, 0.3) is 0 Å². The summed E-state index contributed by atoms with van der Waals surface area (Å²) >= 11 is 0. The number of H-pyrrole nitrogens is 1. The molecule has 0 unspecified atom stereocenters. The summed E-state index contributed by atoms with van der Waals surface area (Å²) in [7, 11) is 1.65. The van der Waals surface area contributed by atoms with Gasteiger partial charge in [-0.25, -0.2) is 4.98 Å². The van der Waals surface area contributed by atoms with E-state index in [-0.39, 0.29) is 5.91 Å². The first-order chi connectivity index (χ1) is 13.7. The number of amides is 1. The number of nitrogens with one attached hydrogen (secondary N) is 1. The molecule has 0 spiro atoms. The van der Waals surface area contributed by atoms with Gasteiger partial charge in [0, 0.05) is 56.1 Å². The molecule has 0 fully saturated rings. The van der Waals surface area contributed by atoms with Gasteiger partial charge in [0.05, 0.1) is 7.11 Å². The SMILES string of the molecule is CCn1nc(-c2ncc[nH]2)c2c1CCN(C(=O)CCc1ccc(OC)cc1)C2. The summed E-state index contributed by atoms with van der Waals surface area (Å²) < 4.78 is 7.22. The van der Waals surface area contributed by atoms with Gasteiger partial charge in [0.2, 0.25) is 5.91 Å². The third-order valence-corrected chi connectivity index (χ3v) is 5.30. The van der Waals surface area contributed by atoms with Crippen LogP contribution in [0.25, 0.3) is 11.5 Å². The molecule has 2 aromatic heterocycles. The van der Waals surface area contributed by atoms with Gasteiger partial charge in [-0.2, -0.15) is 5.10 Å². The predicted molar refractivity (Wildman–Crippen MR) is 106 cm³/mol. The monoisotopic (exact) mass is 379 g/mol. The molecule has 3 heterocycles. The van der Waals surface area contributed by atoms with Crippen molar-refractivity contribution in [2.75, 3.05) is 13.7 Å². The van der Waals surface area contributed by atoms with Crippen LogP contribution >= 0.6 is 0 Å². The molecule has 0 atom stereocenters. The first-order valence-electron chi connectivity index (χ1n) is 9.68. The molecule has 0 saturated carbocycles. The molecule has 7 nitrogen and oxygen atoms in total. The smallest absolute Gasteiger partial charge is 0.223 e. The molecule has 1 N–H and O–H groups in total. The van der Waals surface area contributed by atoms with Gasteiger partial charge in [0.1, 0.15) is 11.4 Å². The number of carbonyl (C=O) groups is 1. The van der Waals surface area contributed by atoms with Crippen molar-refractivity contribution >= 4 is 5.91 Å². The first-order valence-corrected chi connectivity index (χ1v) is 9.68. The zero-order chi connectivity index (χ0) is 19.5. The number of carbonyl (C=O) groups excluding carboxylic acids is 1. The van der Waals surface area contributed by atoms with Crippen molar-refractivity contribution in [3.8, 4) is 17.3 Å². The zero-order valence-electron chi connectivity index (χ0n) is 16.3. The van der Waals surface area contributed by atoms with Crippen LogP contribution in [0.2, 0.25) is 0 Å². The van der Waals surface area contributed by atoms with Gasteiger partial charge < -0.3 is 14.6 Å². The van der Waals surface area contributed by atoms with Crippen molar-refractivity contribution in [3.63, 3.8) is 0 Å². The summed E-state index contributed by atoms with van der Waals surface area (Å²) in [4.78, 5) is 22.3. The van der Waals surface area contributed by atoms with Crippen molar-refractivity contribution in [1.29, 1.82) is 0 Å². The third-order valence-electron chi connectivity index (χ3n) is 5.30. The van der Waals surface area contributed by atoms with E-state index in [2.05, 4.69) is 16.9 Å². The molecule has 4 rings (SSSR count). The van der Waals surface area contributed by atoms with Gasteiger partial charge in [-0.3, -0.25) is 9.48 Å². The van der Waals surface area contributed by atoms with E-state index >= 15 is 0 Å². The van der Waals surface area contributed by atoms with Crippen LogP contribution < -0.4 is 4.74 Å². The van der Waals surface area contributed by atoms with Crippen molar-refractivity contribution in [2.45, 2.75) is 39.3 Å². The fraction of sp³-hybridized carbons (Fsp3) is 0.381. The molecule has 0 radical (unpaired) electrons. The second-order valence-corrected chi connectivity index (χ2v) is 6.94. The van der Waals surface area contributed by atoms with Gasteiger partial charge in [-0.15, -0.1) is 0 Å². The number of fused-ring (bicyclic) bond motifs is 1. The molecule has 146 valence electrons. The fourth-order valence-electron chi connectivity index (χ4n) is 3.75. The molecule has 0 saturated heterocycles. The highest BCUT2D eigenvalue weighted by Crippen LogP contribution is 2.28. The second-order valence-electron chi connectivity index (χ2n) is 6.94. The maximum atomic E-state index is 12.8. The summed E-state index contributed by atoms with van der Waals surface area (Å²) in [5.41, 5.74) is 4.32. The minimum atomic E-state index is 0.177. The highest BCUT2D eigenvalue weighted by Gasteiger charge is 2.28. The highest BCUT2D eigenvalue weighted by molar-refractivity contribution is 5.77. The molecule has 1 aromatic carbocycles. The normalized spacial score (nSPS) is 13.4. The molecule has 0 bridgehead atoms. The Balaban J connectivity index is 1.47. The van der Waals surface area contributed by atoms with Gasteiger partial charge in [0.15, 0.2) is 5.82 Å². The fourth-order valence-corrected chi connectivity index (χ4v) is 3.75. The summed E-state index contributed by atoms with van der Waals surface area (Å²) in [6.07, 6.45) is 5.58. The van der Waals surface area contributed by atoms with E-state index in [1.807, 2.05) is 33.8 Å². The van der Waals surface area contributed by atoms with Crippen molar-refractivity contribution in [3.05, 3.63) is 53.5 Å². The Bertz CT molecular complexity index is 944. The average Bonchev–Trinajstić information content (AvgIpc) is 3.39. The van der Waals surface area contributed by atoms with E-state index in [9.17, 15) is 4.79 Å². The Morgan fingerprint density at radius 1 is 1.29 bits per heavy atom. The van der Waals surface area contributed by atoms with Crippen LogP contribution in [0.5, 0.6) is 5.75 Å². The van der Waals surface area contributed by atoms with Gasteiger partial charge >= 0.3 is 0 Å². The molecule has 28 heavy (non-hydrogen) atoms. The summed E-state index contributed by atoms with van der Waals surface area (Å²) in [5.74, 6) is 1.77. The van der Waals surface area contributed by atoms with E-state index in [0.29, 0.717) is 13.0 Å². The van der Waals surface area contributed by atoms with Gasteiger partial charge in [-0.05, 0) is 31.0 Å². The zero-order valence-corrected chi connectivity index (χ0v) is 16.3. The van der Waals surface area contributed by atoms with Crippen molar-refractivity contribution < 1.29 is 9.53 Å². The number of nitrogens with zero attached hydrogens (tertiary/aromatic N) is 4. The Morgan fingerprint density at radius 3 is 2.79 bits per heavy atom. The number of imidazole rings is 1. The lowest BCUT2D eigenvalue weighted by molar-refractivity contribution is -0.132. The number of hydrogen-bond acceptors (Lipinski definition) is 4. The van der Waals surface area contributed by atoms with Crippen molar-refractivity contribution in [2.24, 2.45) is 0 Å². The summed E-state index contributed by atoms with van der Waals surface area (Å²) in [6, 6.07) is 7.89. The standard InChI is InChI=1S/C21H25N5O2/c1-3-26-18-10-13-25(14-17(18)20(24-26)21-22-11-12-23-21)19(27)9-6-15-4-7-16(28-2)8-5-15/h4-5,7-8,11-12H,3,6,9-10,13-14H2,1-2H3,(H,22,23). The lowest BCUT2D eigenvalue weighted by atomic mass is 10.0.